The zero-order valence-corrected chi connectivity index (χ0v) is 24.2. The molecule has 204 valence electrons. The van der Waals surface area contributed by atoms with Gasteiger partial charge in [0.15, 0.2) is 5.82 Å². The molecule has 6 nitrogen and oxygen atoms in total. The molecule has 1 fully saturated rings. The maximum Gasteiger partial charge on any atom is 0.162 e. The van der Waals surface area contributed by atoms with Crippen molar-refractivity contribution in [1.82, 2.24) is 15.0 Å². The van der Waals surface area contributed by atoms with Crippen LogP contribution in [-0.4, -0.2) is 47.8 Å². The lowest BCUT2D eigenvalue weighted by Crippen LogP contribution is -2.44. The van der Waals surface area contributed by atoms with E-state index in [2.05, 4.69) is 92.0 Å². The molecule has 0 radical (unpaired) electrons. The Labute approximate surface area is 232 Å². The van der Waals surface area contributed by atoms with Crippen LogP contribution in [-0.2, 0) is 17.7 Å². The van der Waals surface area contributed by atoms with Gasteiger partial charge in [0.1, 0.15) is 5.82 Å². The molecule has 6 rings (SSSR count). The van der Waals surface area contributed by atoms with Gasteiger partial charge in [0.25, 0.3) is 0 Å². The van der Waals surface area contributed by atoms with Crippen LogP contribution in [0.2, 0.25) is 0 Å². The summed E-state index contributed by atoms with van der Waals surface area (Å²) in [7, 11) is 1.84. The predicted molar refractivity (Wildman–Crippen MR) is 161 cm³/mol. The summed E-state index contributed by atoms with van der Waals surface area (Å²) in [5.74, 6) is 2.89. The lowest BCUT2D eigenvalue weighted by atomic mass is 9.95. The van der Waals surface area contributed by atoms with E-state index in [1.54, 1.807) is 0 Å². The minimum Gasteiger partial charge on any atom is -0.381 e. The van der Waals surface area contributed by atoms with Crippen molar-refractivity contribution >= 4 is 22.4 Å². The van der Waals surface area contributed by atoms with Crippen molar-refractivity contribution in [1.29, 1.82) is 0 Å². The maximum absolute atomic E-state index is 5.79. The highest BCUT2D eigenvalue weighted by Gasteiger charge is 2.32. The number of nitrogens with one attached hydrogen (secondary N) is 1. The van der Waals surface area contributed by atoms with Crippen LogP contribution in [0.5, 0.6) is 0 Å². The Morgan fingerprint density at radius 3 is 2.64 bits per heavy atom. The van der Waals surface area contributed by atoms with Crippen LogP contribution in [0.1, 0.15) is 61.1 Å². The van der Waals surface area contributed by atoms with Gasteiger partial charge >= 0.3 is 0 Å². The van der Waals surface area contributed by atoms with Gasteiger partial charge in [-0.05, 0) is 60.9 Å². The molecule has 0 unspecified atom stereocenters. The highest BCUT2D eigenvalue weighted by molar-refractivity contribution is 5.96. The third kappa shape index (κ3) is 4.69. The molecule has 2 aliphatic rings. The van der Waals surface area contributed by atoms with Gasteiger partial charge in [0, 0.05) is 73.6 Å². The molecule has 0 bridgehead atoms. The van der Waals surface area contributed by atoms with Crippen LogP contribution in [0.15, 0.2) is 42.6 Å². The topological polar surface area (TPSA) is 57.3 Å². The first kappa shape index (κ1) is 25.9. The summed E-state index contributed by atoms with van der Waals surface area (Å²) in [6, 6.07) is 13.3. The van der Waals surface area contributed by atoms with Gasteiger partial charge in [-0.25, -0.2) is 9.97 Å². The Balaban J connectivity index is 1.46. The number of anilines is 2. The van der Waals surface area contributed by atoms with Crippen LogP contribution in [0.4, 0.5) is 11.5 Å². The number of methoxy groups -OCH3 is 1. The molecule has 1 saturated heterocycles. The third-order valence-corrected chi connectivity index (χ3v) is 8.85. The molecule has 6 heteroatoms. The zero-order chi connectivity index (χ0) is 27.3. The van der Waals surface area contributed by atoms with E-state index in [1.165, 1.54) is 39.0 Å². The molecule has 2 aliphatic heterocycles. The third-order valence-electron chi connectivity index (χ3n) is 8.85. The van der Waals surface area contributed by atoms with E-state index in [-0.39, 0.29) is 0 Å². The number of aryl methyl sites for hydroxylation is 2. The van der Waals surface area contributed by atoms with Crippen molar-refractivity contribution in [2.24, 2.45) is 5.92 Å². The lowest BCUT2D eigenvalue weighted by Gasteiger charge is -2.40. The number of fused-ring (bicyclic) bond motifs is 2. The number of nitrogens with zero attached hydrogens (tertiary/aromatic N) is 4. The second kappa shape index (κ2) is 10.3. The Hall–Kier alpha value is -3.38. The molecule has 0 aliphatic carbocycles. The van der Waals surface area contributed by atoms with E-state index in [1.807, 2.05) is 7.11 Å². The minimum absolute atomic E-state index is 0.299. The summed E-state index contributed by atoms with van der Waals surface area (Å²) >= 11 is 0. The Morgan fingerprint density at radius 2 is 1.87 bits per heavy atom. The highest BCUT2D eigenvalue weighted by atomic mass is 16.5. The van der Waals surface area contributed by atoms with E-state index in [0.29, 0.717) is 17.9 Å². The number of H-pyrrole nitrogens is 1. The molecule has 4 heterocycles. The molecule has 0 saturated carbocycles. The van der Waals surface area contributed by atoms with Gasteiger partial charge in [-0.3, -0.25) is 0 Å². The van der Waals surface area contributed by atoms with E-state index in [9.17, 15) is 0 Å². The fourth-order valence-corrected chi connectivity index (χ4v) is 6.52. The van der Waals surface area contributed by atoms with Gasteiger partial charge in [-0.2, -0.15) is 0 Å². The molecular formula is C33H41N5O. The summed E-state index contributed by atoms with van der Waals surface area (Å²) in [4.78, 5) is 19.1. The number of ether oxygens (including phenoxy) is 1. The first-order chi connectivity index (χ1) is 18.8. The minimum atomic E-state index is 0.299. The van der Waals surface area contributed by atoms with Gasteiger partial charge < -0.3 is 19.5 Å². The molecule has 1 N–H and O–H groups in total. The van der Waals surface area contributed by atoms with Crippen LogP contribution < -0.4 is 9.80 Å². The van der Waals surface area contributed by atoms with Gasteiger partial charge in [-0.1, -0.05) is 45.0 Å². The standard InChI is InChI=1S/C33H41N5O/c1-20(2)24-11-10-21(3)29(16-24)37-14-12-27-26(19-37)33(38-15-13-30(39-6)23(5)18-38)36-32(35-27)25-8-7-9-28-31(25)22(4)17-34-28/h7-11,16-17,20,23,30,34H,12-15,18-19H2,1-6H3/t23-,30-/m0/s1. The van der Waals surface area contributed by atoms with E-state index < -0.39 is 0 Å². The second-order valence-electron chi connectivity index (χ2n) is 11.9. The van der Waals surface area contributed by atoms with Crippen molar-refractivity contribution in [3.63, 3.8) is 0 Å². The van der Waals surface area contributed by atoms with Crippen LogP contribution in [0.3, 0.4) is 0 Å². The average Bonchev–Trinajstić information content (AvgIpc) is 3.33. The van der Waals surface area contributed by atoms with Crippen LogP contribution in [0, 0.1) is 19.8 Å². The summed E-state index contributed by atoms with van der Waals surface area (Å²) < 4.78 is 5.79. The van der Waals surface area contributed by atoms with E-state index >= 15 is 0 Å². The Morgan fingerprint density at radius 1 is 1.03 bits per heavy atom. The van der Waals surface area contributed by atoms with Crippen molar-refractivity contribution in [2.45, 2.75) is 66.0 Å². The smallest absolute Gasteiger partial charge is 0.162 e. The van der Waals surface area contributed by atoms with Crippen molar-refractivity contribution < 1.29 is 4.74 Å². The summed E-state index contributed by atoms with van der Waals surface area (Å²) in [5.41, 5.74) is 9.98. The zero-order valence-electron chi connectivity index (χ0n) is 24.2. The van der Waals surface area contributed by atoms with Gasteiger partial charge in [0.2, 0.25) is 0 Å². The SMILES string of the molecule is CO[C@H]1CCN(c2nc(-c3cccc4[nH]cc(C)c34)nc3c2CN(c2cc(C(C)C)ccc2C)CC3)C[C@@H]1C. The van der Waals surface area contributed by atoms with E-state index in [4.69, 9.17) is 14.7 Å². The highest BCUT2D eigenvalue weighted by Crippen LogP contribution is 2.37. The number of aromatic amines is 1. The molecule has 2 aromatic carbocycles. The molecular weight excluding hydrogens is 482 g/mol. The number of benzene rings is 2. The number of rotatable bonds is 5. The van der Waals surface area contributed by atoms with Crippen LogP contribution >= 0.6 is 0 Å². The van der Waals surface area contributed by atoms with Gasteiger partial charge in [-0.15, -0.1) is 0 Å². The largest absolute Gasteiger partial charge is 0.381 e. The normalized spacial score (nSPS) is 19.7. The van der Waals surface area contributed by atoms with Crippen molar-refractivity contribution in [2.75, 3.05) is 36.5 Å². The molecule has 39 heavy (non-hydrogen) atoms. The number of hydrogen-bond donors (Lipinski definition) is 1. The monoisotopic (exact) mass is 523 g/mol. The molecule has 0 spiro atoms. The first-order valence-corrected chi connectivity index (χ1v) is 14.4. The summed E-state index contributed by atoms with van der Waals surface area (Å²) in [6.45, 7) is 14.9. The Kier molecular flexibility index (Phi) is 6.84. The molecule has 4 aromatic rings. The predicted octanol–water partition coefficient (Wildman–Crippen LogP) is 6.79. The lowest BCUT2D eigenvalue weighted by molar-refractivity contribution is 0.0443. The second-order valence-corrected chi connectivity index (χ2v) is 11.9. The number of hydrogen-bond acceptors (Lipinski definition) is 5. The quantitative estimate of drug-likeness (QED) is 0.312. The number of aromatic nitrogens is 3. The first-order valence-electron chi connectivity index (χ1n) is 14.4. The maximum atomic E-state index is 5.79. The molecule has 0 amide bonds. The number of piperidine rings is 1. The average molecular weight is 524 g/mol. The Bertz CT molecular complexity index is 1510. The molecule has 2 aromatic heterocycles. The summed E-state index contributed by atoms with van der Waals surface area (Å²) in [5, 5.41) is 1.22. The summed E-state index contributed by atoms with van der Waals surface area (Å²) in [6.07, 6.45) is 4.30. The van der Waals surface area contributed by atoms with E-state index in [0.717, 1.165) is 61.7 Å². The van der Waals surface area contributed by atoms with Gasteiger partial charge in [0.05, 0.1) is 11.8 Å². The fourth-order valence-electron chi connectivity index (χ4n) is 6.52. The molecule has 2 atom stereocenters. The van der Waals surface area contributed by atoms with Crippen molar-refractivity contribution in [3.8, 4) is 11.4 Å². The fraction of sp³-hybridized carbons (Fsp3) is 0.455. The van der Waals surface area contributed by atoms with Crippen molar-refractivity contribution in [3.05, 3.63) is 70.5 Å². The van der Waals surface area contributed by atoms with Crippen LogP contribution in [0.25, 0.3) is 22.3 Å².